The molecule has 564 valence electrons. The number of aromatic hydroxyl groups is 2. The van der Waals surface area contributed by atoms with Crippen molar-refractivity contribution >= 4 is 131 Å². The first-order chi connectivity index (χ1) is 49.1. The topological polar surface area (TPSA) is 606 Å². The first-order valence-electron chi connectivity index (χ1n) is 32.4. The smallest absolute Gasteiger partial charge is 0.327 e. The van der Waals surface area contributed by atoms with E-state index < -0.39 is 225 Å². The summed E-state index contributed by atoms with van der Waals surface area (Å²) in [6.07, 6.45) is -6.26. The normalized spacial score (nSPS) is 16.0. The minimum absolute atomic E-state index is 0.0271. The number of primary amides is 1. The van der Waals surface area contributed by atoms with Crippen LogP contribution in [0.3, 0.4) is 0 Å². The number of carbonyl (C=O) groups is 16. The molecule has 1 fully saturated rings. The number of fused-ring (bicyclic) bond motifs is 1. The van der Waals surface area contributed by atoms with Crippen LogP contribution in [-0.4, -0.2) is 237 Å². The molecule has 0 unspecified atom stereocenters. The van der Waals surface area contributed by atoms with Crippen LogP contribution in [0.1, 0.15) is 81.9 Å². The Morgan fingerprint density at radius 3 is 1.47 bits per heavy atom. The lowest BCUT2D eigenvalue weighted by Crippen LogP contribution is -2.61. The second-order valence-corrected chi connectivity index (χ2v) is 25.1. The van der Waals surface area contributed by atoms with Crippen molar-refractivity contribution in [2.45, 2.75) is 163 Å². The fraction of sp³-hybridized carbons (Fsp3) is 0.446. The SMILES string of the molecule is C[C@H](NC(=O)[C@H](Cc1ccc(O)cc1)NC(=O)[C@H](CC(=O)O)NC(=O)[C@H](CCC(=O)O)NC(=O)[C@H](Cc1ccc(O)cc1)NC(=O)[C@@H](NC(=O)[C@@H](N)CS)[C@@H](C)O)C(=O)N[C@@H](CC(N)=O)C(=O)N[C@@H](CCC(=O)O)C(=O)N[C@@H](Cc1c[nH]c2ccccc12)C(=O)N1CCC[C@H]1C(=O)N[C@@H](CS)C(=O)O. The van der Waals surface area contributed by atoms with Crippen molar-refractivity contribution in [1.29, 1.82) is 0 Å². The van der Waals surface area contributed by atoms with Crippen LogP contribution in [-0.2, 0) is 96.0 Å². The number of nitrogens with one attached hydrogen (secondary N) is 11. The van der Waals surface area contributed by atoms with Crippen LogP contribution in [0.25, 0.3) is 10.9 Å². The third-order valence-electron chi connectivity index (χ3n) is 16.3. The van der Waals surface area contributed by atoms with E-state index in [1.807, 2.05) is 0 Å². The second kappa shape index (κ2) is 40.0. The van der Waals surface area contributed by atoms with Gasteiger partial charge in [0.1, 0.15) is 78.0 Å². The molecule has 12 amide bonds. The zero-order valence-corrected chi connectivity index (χ0v) is 57.9. The van der Waals surface area contributed by atoms with Gasteiger partial charge in [-0.1, -0.05) is 42.5 Å². The number of phenols is 2. The van der Waals surface area contributed by atoms with Crippen LogP contribution in [0.4, 0.5) is 0 Å². The van der Waals surface area contributed by atoms with Crippen LogP contribution in [0.2, 0.25) is 0 Å². The van der Waals surface area contributed by atoms with E-state index in [9.17, 15) is 112 Å². The number of aliphatic hydroxyl groups is 1. The predicted octanol–water partition coefficient (Wildman–Crippen LogP) is -4.80. The number of amides is 12. The summed E-state index contributed by atoms with van der Waals surface area (Å²) >= 11 is 7.95. The van der Waals surface area contributed by atoms with Gasteiger partial charge in [-0.3, -0.25) is 71.9 Å². The van der Waals surface area contributed by atoms with E-state index in [2.05, 4.69) is 83.4 Å². The number of hydrogen-bond acceptors (Lipinski definition) is 22. The van der Waals surface area contributed by atoms with Gasteiger partial charge < -0.3 is 110 Å². The Kier molecular flexibility index (Phi) is 32.1. The molecule has 0 saturated carbocycles. The van der Waals surface area contributed by atoms with Gasteiger partial charge in [-0.25, -0.2) is 4.79 Å². The molecule has 39 heteroatoms. The number of thiol groups is 2. The number of benzene rings is 3. The monoisotopic (exact) mass is 1490 g/mol. The molecule has 0 aliphatic carbocycles. The molecular weight excluding hydrogens is 1410 g/mol. The number of rotatable bonds is 41. The summed E-state index contributed by atoms with van der Waals surface area (Å²) in [6, 6.07) is -3.57. The van der Waals surface area contributed by atoms with E-state index in [0.717, 1.165) is 18.7 Å². The molecule has 4 aromatic rings. The highest BCUT2D eigenvalue weighted by Gasteiger charge is 2.42. The molecule has 3 aromatic carbocycles. The summed E-state index contributed by atoms with van der Waals surface area (Å²) in [5, 5.41) is 93.2. The molecule has 1 aliphatic rings. The van der Waals surface area contributed by atoms with Crippen molar-refractivity contribution < 1.29 is 112 Å². The summed E-state index contributed by atoms with van der Waals surface area (Å²) in [6.45, 7) is 2.16. The zero-order chi connectivity index (χ0) is 77.2. The summed E-state index contributed by atoms with van der Waals surface area (Å²) in [7, 11) is 0. The third-order valence-corrected chi connectivity index (χ3v) is 17.1. The van der Waals surface area contributed by atoms with Crippen molar-refractivity contribution in [1.82, 2.24) is 63.1 Å². The van der Waals surface area contributed by atoms with Crippen LogP contribution >= 0.6 is 25.3 Å². The Labute approximate surface area is 603 Å². The molecule has 22 N–H and O–H groups in total. The lowest BCUT2D eigenvalue weighted by molar-refractivity contribution is -0.144. The molecule has 0 spiro atoms. The second-order valence-electron chi connectivity index (χ2n) is 24.4. The van der Waals surface area contributed by atoms with Gasteiger partial charge in [-0.2, -0.15) is 25.3 Å². The van der Waals surface area contributed by atoms with Gasteiger partial charge in [-0.15, -0.1) is 0 Å². The van der Waals surface area contributed by atoms with Gasteiger partial charge in [0, 0.05) is 67.3 Å². The number of nitrogens with zero attached hydrogens (tertiary/aromatic N) is 1. The average Bonchev–Trinajstić information content (AvgIpc) is 1.66. The molecule has 1 aliphatic heterocycles. The first kappa shape index (κ1) is 83.6. The highest BCUT2D eigenvalue weighted by atomic mass is 32.1. The first-order valence-corrected chi connectivity index (χ1v) is 33.6. The number of nitrogens with two attached hydrogens (primary N) is 2. The van der Waals surface area contributed by atoms with Gasteiger partial charge in [0.15, 0.2) is 0 Å². The number of aromatic nitrogens is 1. The summed E-state index contributed by atoms with van der Waals surface area (Å²) in [5.41, 5.74) is 12.8. The molecule has 0 radical (unpaired) electrons. The zero-order valence-electron chi connectivity index (χ0n) is 56.1. The van der Waals surface area contributed by atoms with Gasteiger partial charge in [0.25, 0.3) is 0 Å². The number of aromatic amines is 1. The number of carbonyl (C=O) groups excluding carboxylic acids is 12. The van der Waals surface area contributed by atoms with Crippen molar-refractivity contribution in [3.8, 4) is 11.5 Å². The average molecular weight is 1490 g/mol. The van der Waals surface area contributed by atoms with Gasteiger partial charge in [0.2, 0.25) is 70.9 Å². The fourth-order valence-corrected chi connectivity index (χ4v) is 11.2. The maximum absolute atomic E-state index is 14.6. The molecule has 13 atom stereocenters. The highest BCUT2D eigenvalue weighted by Crippen LogP contribution is 2.24. The van der Waals surface area contributed by atoms with Gasteiger partial charge in [0.05, 0.1) is 25.0 Å². The maximum Gasteiger partial charge on any atom is 0.327 e. The molecule has 37 nitrogen and oxygen atoms in total. The van der Waals surface area contributed by atoms with Crippen molar-refractivity contribution in [2.75, 3.05) is 18.1 Å². The molecule has 2 heterocycles. The number of likely N-dealkylation sites (tertiary alicyclic amines) is 1. The van der Waals surface area contributed by atoms with Crippen molar-refractivity contribution in [3.05, 3.63) is 95.7 Å². The van der Waals surface area contributed by atoms with Crippen molar-refractivity contribution in [2.24, 2.45) is 11.5 Å². The molecule has 1 saturated heterocycles. The largest absolute Gasteiger partial charge is 0.508 e. The Morgan fingerprint density at radius 1 is 0.519 bits per heavy atom. The number of aliphatic hydroxyl groups excluding tert-OH is 1. The Balaban J connectivity index is 1.39. The quantitative estimate of drug-likeness (QED) is 0.0185. The molecular formula is C65H84N14O23S2. The van der Waals surface area contributed by atoms with Gasteiger partial charge >= 0.3 is 23.9 Å². The standard InChI is InChI=1S/C65H84N14O23S2/c1-30(54(90)72-44(25-49(67)83)60(96)71-41(18-20-51(86)87)57(93)76-46(24-34-27-68-39-7-4-3-6-37(34)39)64(100)79-21-5-8-48(79)62(98)77-47(29-104)65(101)102)69-58(94)42(22-32-9-13-35(81)14-10-32)73-61(97)45(26-52(88)89)74-56(92)40(17-19-50(84)85)70-59(95)43(23-33-11-15-36(82)16-12-33)75-63(99)53(31(2)80)78-55(91)38(66)28-103/h3-4,6-7,9-16,27,30-31,38,40-48,53,68,80-82,103-104H,5,8,17-26,28-29,66H2,1-2H3,(H2,67,83)(H,69,94)(H,70,95)(H,71,96)(H,72,90)(H,73,97)(H,74,92)(H,75,99)(H,76,93)(H,77,98)(H,78,91)(H,84,85)(H,86,87)(H,88,89)(H,101,102)/t30-,31+,38-,40-,41-,42-,43-,44-,45-,46-,47-,48-,53-/m0/s1. The number of phenolic OH excluding ortho intramolecular Hbond substituents is 2. The number of hydrogen-bond donors (Lipinski definition) is 22. The van der Waals surface area contributed by atoms with E-state index in [4.69, 9.17) is 11.5 Å². The molecule has 5 rings (SSSR count). The number of carboxylic acids is 4. The minimum atomic E-state index is -2.18. The van der Waals surface area contributed by atoms with Crippen LogP contribution in [0, 0.1) is 0 Å². The molecule has 0 bridgehead atoms. The van der Waals surface area contributed by atoms with Crippen molar-refractivity contribution in [3.63, 3.8) is 0 Å². The van der Waals surface area contributed by atoms with Gasteiger partial charge in [-0.05, 0) is 86.6 Å². The summed E-state index contributed by atoms with van der Waals surface area (Å²) < 4.78 is 0. The lowest BCUT2D eigenvalue weighted by Gasteiger charge is -2.30. The fourth-order valence-electron chi connectivity index (χ4n) is 10.7. The molecule has 104 heavy (non-hydrogen) atoms. The van der Waals surface area contributed by atoms with Crippen LogP contribution in [0.15, 0.2) is 79.0 Å². The van der Waals surface area contributed by atoms with E-state index in [0.29, 0.717) is 16.5 Å². The summed E-state index contributed by atoms with van der Waals surface area (Å²) in [5.74, 6) is -21.0. The number of H-pyrrole nitrogens is 1. The Hall–Kier alpha value is -11.1. The third kappa shape index (κ3) is 25.8. The van der Waals surface area contributed by atoms with E-state index in [1.54, 1.807) is 30.5 Å². The van der Waals surface area contributed by atoms with E-state index in [1.165, 1.54) is 48.5 Å². The van der Waals surface area contributed by atoms with E-state index >= 15 is 0 Å². The Bertz CT molecular complexity index is 3810. The molecule has 1 aromatic heterocycles. The summed E-state index contributed by atoms with van der Waals surface area (Å²) in [4.78, 5) is 219. The minimum Gasteiger partial charge on any atom is -0.508 e. The van der Waals surface area contributed by atoms with Crippen LogP contribution in [0.5, 0.6) is 11.5 Å². The lowest BCUT2D eigenvalue weighted by atomic mass is 10.0. The van der Waals surface area contributed by atoms with Crippen LogP contribution < -0.4 is 64.6 Å². The van der Waals surface area contributed by atoms with E-state index in [-0.39, 0.29) is 59.9 Å². The highest BCUT2D eigenvalue weighted by molar-refractivity contribution is 7.80. The predicted molar refractivity (Wildman–Crippen MR) is 370 cm³/mol. The maximum atomic E-state index is 14.6. The Morgan fingerprint density at radius 2 is 0.981 bits per heavy atom. The number of para-hydroxylation sites is 1. The number of aliphatic carboxylic acids is 4. The number of carboxylic acid groups (broad SMARTS) is 4.